The lowest BCUT2D eigenvalue weighted by molar-refractivity contribution is -0.120. The zero-order chi connectivity index (χ0) is 11.4. The molecule has 1 amide bonds. The van der Waals surface area contributed by atoms with Crippen LogP contribution >= 0.6 is 11.3 Å². The van der Waals surface area contributed by atoms with Crippen molar-refractivity contribution in [3.63, 3.8) is 0 Å². The average Bonchev–Trinajstić information content (AvgIpc) is 2.63. The maximum atomic E-state index is 11.7. The molecular weight excluding hydrogens is 210 g/mol. The highest BCUT2D eigenvalue weighted by atomic mass is 32.1. The first-order valence-electron chi connectivity index (χ1n) is 4.92. The summed E-state index contributed by atoms with van der Waals surface area (Å²) in [7, 11) is 0. The lowest BCUT2D eigenvalue weighted by Crippen LogP contribution is -2.38. The summed E-state index contributed by atoms with van der Waals surface area (Å²) < 4.78 is 0. The van der Waals surface area contributed by atoms with Crippen LogP contribution in [0.2, 0.25) is 0 Å². The lowest BCUT2D eigenvalue weighted by atomic mass is 10.1. The minimum absolute atomic E-state index is 0.0521. The highest BCUT2D eigenvalue weighted by Crippen LogP contribution is 2.13. The van der Waals surface area contributed by atoms with Crippen LogP contribution in [0, 0.1) is 6.92 Å². The molecule has 15 heavy (non-hydrogen) atoms. The van der Waals surface area contributed by atoms with Crippen molar-refractivity contribution in [1.29, 1.82) is 0 Å². The van der Waals surface area contributed by atoms with Gasteiger partial charge in [0.05, 0.1) is 11.6 Å². The molecule has 1 heterocycles. The van der Waals surface area contributed by atoms with Gasteiger partial charge in [-0.25, -0.2) is 0 Å². The largest absolute Gasteiger partial charge is 0.342 e. The number of amides is 1. The van der Waals surface area contributed by atoms with Gasteiger partial charge in [-0.2, -0.15) is 11.3 Å². The fourth-order valence-electron chi connectivity index (χ4n) is 1.25. The summed E-state index contributed by atoms with van der Waals surface area (Å²) in [6.07, 6.45) is 0.448. The van der Waals surface area contributed by atoms with E-state index in [9.17, 15) is 9.59 Å². The van der Waals surface area contributed by atoms with Crippen LogP contribution in [-0.4, -0.2) is 17.7 Å². The summed E-state index contributed by atoms with van der Waals surface area (Å²) in [5.74, 6) is -0.112. The van der Waals surface area contributed by atoms with Gasteiger partial charge in [0.25, 0.3) is 5.91 Å². The molecule has 0 saturated heterocycles. The zero-order valence-electron chi connectivity index (χ0n) is 9.16. The first kappa shape index (κ1) is 11.9. The number of carbonyl (C=O) groups is 2. The Labute approximate surface area is 93.5 Å². The fraction of sp³-hybridized carbons (Fsp3) is 0.455. The van der Waals surface area contributed by atoms with E-state index in [4.69, 9.17) is 0 Å². The van der Waals surface area contributed by atoms with Gasteiger partial charge in [-0.3, -0.25) is 9.59 Å². The highest BCUT2D eigenvalue weighted by molar-refractivity contribution is 7.08. The molecule has 0 aliphatic rings. The van der Waals surface area contributed by atoms with Crippen molar-refractivity contribution in [3.8, 4) is 0 Å². The molecule has 1 unspecified atom stereocenters. The van der Waals surface area contributed by atoms with Crippen molar-refractivity contribution in [2.24, 2.45) is 0 Å². The molecular formula is C11H15NO2S. The number of rotatable bonds is 4. The lowest BCUT2D eigenvalue weighted by Gasteiger charge is -2.11. The minimum Gasteiger partial charge on any atom is -0.342 e. The van der Waals surface area contributed by atoms with Crippen molar-refractivity contribution in [2.75, 3.05) is 0 Å². The summed E-state index contributed by atoms with van der Waals surface area (Å²) in [6.45, 7) is 5.39. The van der Waals surface area contributed by atoms with Crippen LogP contribution in [0.3, 0.4) is 0 Å². The van der Waals surface area contributed by atoms with E-state index in [2.05, 4.69) is 5.32 Å². The number of carbonyl (C=O) groups excluding carboxylic acids is 2. The van der Waals surface area contributed by atoms with E-state index in [0.29, 0.717) is 12.0 Å². The minimum atomic E-state index is -0.401. The second-order valence-corrected chi connectivity index (χ2v) is 4.23. The number of aryl methyl sites for hydroxylation is 1. The maximum Gasteiger partial charge on any atom is 0.252 e. The average molecular weight is 225 g/mol. The first-order chi connectivity index (χ1) is 7.06. The van der Waals surface area contributed by atoms with Crippen molar-refractivity contribution >= 4 is 23.0 Å². The van der Waals surface area contributed by atoms with Gasteiger partial charge in [0.15, 0.2) is 5.78 Å². The molecule has 4 heteroatoms. The number of hydrogen-bond acceptors (Lipinski definition) is 3. The molecule has 0 bridgehead atoms. The van der Waals surface area contributed by atoms with E-state index in [-0.39, 0.29) is 11.7 Å². The number of ketones is 1. The van der Waals surface area contributed by atoms with Gasteiger partial charge in [-0.05, 0) is 24.8 Å². The zero-order valence-corrected chi connectivity index (χ0v) is 9.98. The molecule has 1 N–H and O–H groups in total. The Balaban J connectivity index is 2.64. The third kappa shape index (κ3) is 2.89. The quantitative estimate of drug-likeness (QED) is 0.853. The molecule has 0 aliphatic carbocycles. The summed E-state index contributed by atoms with van der Waals surface area (Å²) in [5.41, 5.74) is 1.62. The third-order valence-electron chi connectivity index (χ3n) is 2.28. The number of Topliss-reactive ketones (excluding diaryl/α,β-unsaturated/α-hetero) is 1. The van der Waals surface area contributed by atoms with Crippen LogP contribution in [-0.2, 0) is 4.79 Å². The summed E-state index contributed by atoms with van der Waals surface area (Å²) in [5, 5.41) is 6.41. The van der Waals surface area contributed by atoms with Crippen LogP contribution in [0.4, 0.5) is 0 Å². The van der Waals surface area contributed by atoms with Crippen molar-refractivity contribution in [1.82, 2.24) is 5.32 Å². The van der Waals surface area contributed by atoms with Crippen LogP contribution in [0.1, 0.15) is 36.2 Å². The molecule has 1 rings (SSSR count). The van der Waals surface area contributed by atoms with E-state index in [0.717, 1.165) is 5.56 Å². The molecule has 82 valence electrons. The molecule has 0 saturated carbocycles. The van der Waals surface area contributed by atoms with E-state index in [1.165, 1.54) is 11.3 Å². The van der Waals surface area contributed by atoms with Gasteiger partial charge in [0.2, 0.25) is 0 Å². The van der Waals surface area contributed by atoms with Gasteiger partial charge in [0.1, 0.15) is 0 Å². The predicted octanol–water partition coefficient (Wildman–Crippen LogP) is 2.15. The Morgan fingerprint density at radius 3 is 2.60 bits per heavy atom. The van der Waals surface area contributed by atoms with E-state index >= 15 is 0 Å². The molecule has 1 aromatic rings. The van der Waals surface area contributed by atoms with E-state index in [1.54, 1.807) is 19.2 Å². The molecule has 0 aromatic carbocycles. The maximum absolute atomic E-state index is 11.7. The fourth-order valence-corrected chi connectivity index (χ4v) is 2.08. The van der Waals surface area contributed by atoms with Gasteiger partial charge in [0, 0.05) is 11.8 Å². The number of nitrogens with one attached hydrogen (secondary N) is 1. The second-order valence-electron chi connectivity index (χ2n) is 3.48. The van der Waals surface area contributed by atoms with Gasteiger partial charge >= 0.3 is 0 Å². The Morgan fingerprint density at radius 2 is 2.13 bits per heavy atom. The molecule has 3 nitrogen and oxygen atoms in total. The topological polar surface area (TPSA) is 46.2 Å². The predicted molar refractivity (Wildman–Crippen MR) is 61.3 cm³/mol. The van der Waals surface area contributed by atoms with Crippen molar-refractivity contribution < 1.29 is 9.59 Å². The Morgan fingerprint density at radius 1 is 1.47 bits per heavy atom. The summed E-state index contributed by atoms with van der Waals surface area (Å²) in [4.78, 5) is 23.0. The van der Waals surface area contributed by atoms with Crippen molar-refractivity contribution in [2.45, 2.75) is 33.2 Å². The first-order valence-corrected chi connectivity index (χ1v) is 5.87. The molecule has 0 spiro atoms. The van der Waals surface area contributed by atoms with E-state index < -0.39 is 6.04 Å². The standard InChI is InChI=1S/C11H15NO2S/c1-4-10(13)8(3)12-11(14)9-6-15-5-7(9)2/h5-6,8H,4H2,1-3H3,(H,12,14). The summed E-state index contributed by atoms with van der Waals surface area (Å²) in [6, 6.07) is -0.401. The SMILES string of the molecule is CCC(=O)C(C)NC(=O)c1cscc1C. The van der Waals surface area contributed by atoms with Crippen LogP contribution in [0.15, 0.2) is 10.8 Å². The van der Waals surface area contributed by atoms with Crippen LogP contribution in [0.5, 0.6) is 0 Å². The van der Waals surface area contributed by atoms with E-state index in [1.807, 2.05) is 12.3 Å². The molecule has 0 aliphatic heterocycles. The summed E-state index contributed by atoms with van der Waals surface area (Å²) >= 11 is 1.49. The Hall–Kier alpha value is -1.16. The Bertz CT molecular complexity index is 370. The van der Waals surface area contributed by atoms with Crippen LogP contribution < -0.4 is 5.32 Å². The molecule has 0 radical (unpaired) electrons. The molecule has 1 atom stereocenters. The van der Waals surface area contributed by atoms with Crippen LogP contribution in [0.25, 0.3) is 0 Å². The highest BCUT2D eigenvalue weighted by Gasteiger charge is 2.16. The van der Waals surface area contributed by atoms with Gasteiger partial charge < -0.3 is 5.32 Å². The number of hydrogen-bond donors (Lipinski definition) is 1. The second kappa shape index (κ2) is 5.07. The molecule has 1 aromatic heterocycles. The normalized spacial score (nSPS) is 12.2. The smallest absolute Gasteiger partial charge is 0.252 e. The monoisotopic (exact) mass is 225 g/mol. The molecule has 0 fully saturated rings. The van der Waals surface area contributed by atoms with Gasteiger partial charge in [-0.1, -0.05) is 6.92 Å². The Kier molecular flexibility index (Phi) is 4.03. The van der Waals surface area contributed by atoms with Gasteiger partial charge in [-0.15, -0.1) is 0 Å². The van der Waals surface area contributed by atoms with Crippen molar-refractivity contribution in [3.05, 3.63) is 21.9 Å². The number of thiophene rings is 1. The third-order valence-corrected chi connectivity index (χ3v) is 3.14.